The molecule has 1 heterocycles. The van der Waals surface area contributed by atoms with Crippen LogP contribution in [0.1, 0.15) is 71.5 Å². The van der Waals surface area contributed by atoms with Gasteiger partial charge in [0.1, 0.15) is 17.4 Å². The van der Waals surface area contributed by atoms with E-state index in [0.717, 1.165) is 11.1 Å². The Bertz CT molecular complexity index is 1500. The van der Waals surface area contributed by atoms with E-state index in [0.29, 0.717) is 18.0 Å². The van der Waals surface area contributed by atoms with Gasteiger partial charge in [-0.2, -0.15) is 4.31 Å². The van der Waals surface area contributed by atoms with Crippen molar-refractivity contribution in [3.8, 4) is 5.75 Å². The van der Waals surface area contributed by atoms with Crippen LogP contribution in [-0.2, 0) is 21.4 Å². The third-order valence-electron chi connectivity index (χ3n) is 8.07. The van der Waals surface area contributed by atoms with Gasteiger partial charge in [0.2, 0.25) is 15.9 Å². The van der Waals surface area contributed by atoms with Gasteiger partial charge in [0.15, 0.2) is 0 Å². The molecular weight excluding hydrogens is 528 g/mol. The van der Waals surface area contributed by atoms with E-state index in [1.54, 1.807) is 24.3 Å². The molecule has 1 aliphatic carbocycles. The summed E-state index contributed by atoms with van der Waals surface area (Å²) in [6, 6.07) is 17.7. The Morgan fingerprint density at radius 1 is 0.925 bits per heavy atom. The number of carboxylic acid groups (broad SMARTS) is 1. The lowest BCUT2D eigenvalue weighted by Crippen LogP contribution is -2.58. The van der Waals surface area contributed by atoms with Crippen molar-refractivity contribution in [2.45, 2.75) is 68.8 Å². The summed E-state index contributed by atoms with van der Waals surface area (Å²) < 4.78 is 28.0. The fourth-order valence-electron chi connectivity index (χ4n) is 5.60. The number of amides is 1. The number of anilines is 1. The Labute approximate surface area is 234 Å². The summed E-state index contributed by atoms with van der Waals surface area (Å²) in [5.74, 6) is -1.64. The smallest absolute Gasteiger partial charge is 0.339 e. The molecule has 1 saturated heterocycles. The van der Waals surface area contributed by atoms with Gasteiger partial charge >= 0.3 is 5.97 Å². The van der Waals surface area contributed by atoms with E-state index in [2.05, 4.69) is 12.1 Å². The van der Waals surface area contributed by atoms with Gasteiger partial charge in [-0.1, -0.05) is 61.2 Å². The van der Waals surface area contributed by atoms with Crippen molar-refractivity contribution in [1.82, 2.24) is 4.31 Å². The van der Waals surface area contributed by atoms with Crippen LogP contribution in [0, 0.1) is 6.92 Å². The van der Waals surface area contributed by atoms with Crippen LogP contribution >= 0.6 is 0 Å². The molecule has 40 heavy (non-hydrogen) atoms. The van der Waals surface area contributed by atoms with Crippen molar-refractivity contribution in [2.24, 2.45) is 0 Å². The van der Waals surface area contributed by atoms with Crippen LogP contribution in [0.25, 0.3) is 0 Å². The van der Waals surface area contributed by atoms with Crippen LogP contribution in [0.15, 0.2) is 71.6 Å². The zero-order chi connectivity index (χ0) is 28.4. The molecule has 8 nitrogen and oxygen atoms in total. The van der Waals surface area contributed by atoms with Gasteiger partial charge in [-0.3, -0.25) is 4.79 Å². The number of sulfonamides is 1. The molecule has 1 saturated carbocycles. The topological polar surface area (TPSA) is 115 Å². The van der Waals surface area contributed by atoms with Gasteiger partial charge in [0.05, 0.1) is 11.4 Å². The highest BCUT2D eigenvalue weighted by atomic mass is 32.2. The van der Waals surface area contributed by atoms with E-state index < -0.39 is 33.7 Å². The molecule has 3 aromatic rings. The number of aromatic carboxylic acids is 1. The van der Waals surface area contributed by atoms with Gasteiger partial charge < -0.3 is 15.1 Å². The Morgan fingerprint density at radius 3 is 2.17 bits per heavy atom. The number of nitrogens with zero attached hydrogens (tertiary/aromatic N) is 2. The summed E-state index contributed by atoms with van der Waals surface area (Å²) in [6.07, 6.45) is 6.44. The van der Waals surface area contributed by atoms with Gasteiger partial charge in [0, 0.05) is 18.3 Å². The Balaban J connectivity index is 1.43. The lowest BCUT2D eigenvalue weighted by atomic mass is 9.84. The predicted octanol–water partition coefficient (Wildman–Crippen LogP) is 5.44. The lowest BCUT2D eigenvalue weighted by Gasteiger charge is -2.41. The number of aryl methyl sites for hydroxylation is 1. The minimum absolute atomic E-state index is 0.129. The molecule has 0 unspecified atom stereocenters. The second kappa shape index (κ2) is 11.4. The van der Waals surface area contributed by atoms with Crippen molar-refractivity contribution >= 4 is 27.6 Å². The average Bonchev–Trinajstić information content (AvgIpc) is 2.91. The molecule has 2 fully saturated rings. The number of hydrogen-bond donors (Lipinski definition) is 2. The van der Waals surface area contributed by atoms with E-state index in [-0.39, 0.29) is 23.5 Å². The number of phenols is 1. The standard InChI is InChI=1S/C31H34N2O6S/c1-21-7-14-26(15-8-21)40(38,39)33-18-17-28(33)30(35)32(25-13-16-27(31(36)37)29(34)19-25)20-22-9-11-24(12-10-22)23-5-3-2-4-6-23/h7-16,19,23,28,34H,2-6,17-18,20H2,1H3,(H,36,37)/t28-/m1/s1. The molecule has 3 aromatic carbocycles. The number of carboxylic acids is 1. The second-order valence-electron chi connectivity index (χ2n) is 10.7. The fraction of sp³-hybridized carbons (Fsp3) is 0.355. The Kier molecular flexibility index (Phi) is 7.96. The molecule has 1 atom stereocenters. The molecule has 2 N–H and O–H groups in total. The molecule has 0 aromatic heterocycles. The van der Waals surface area contributed by atoms with Gasteiger partial charge in [0.25, 0.3) is 0 Å². The highest BCUT2D eigenvalue weighted by Gasteiger charge is 2.44. The van der Waals surface area contributed by atoms with Crippen molar-refractivity contribution in [3.05, 3.63) is 89.0 Å². The Morgan fingerprint density at radius 2 is 1.60 bits per heavy atom. The monoisotopic (exact) mass is 562 g/mol. The number of hydrogen-bond acceptors (Lipinski definition) is 5. The van der Waals surface area contributed by atoms with Crippen LogP contribution in [0.2, 0.25) is 0 Å². The van der Waals surface area contributed by atoms with Crippen LogP contribution in [0.3, 0.4) is 0 Å². The summed E-state index contributed by atoms with van der Waals surface area (Å²) in [5, 5.41) is 19.7. The first-order valence-corrected chi connectivity index (χ1v) is 15.1. The van der Waals surface area contributed by atoms with Gasteiger partial charge in [-0.15, -0.1) is 0 Å². The zero-order valence-corrected chi connectivity index (χ0v) is 23.3. The van der Waals surface area contributed by atoms with E-state index in [1.165, 1.54) is 65.1 Å². The minimum atomic E-state index is -3.89. The molecular formula is C31H34N2O6S. The molecule has 1 aliphatic heterocycles. The molecule has 5 rings (SSSR count). The SMILES string of the molecule is Cc1ccc(S(=O)(=O)N2CC[C@@H]2C(=O)N(Cc2ccc(C3CCCCC3)cc2)c2ccc(C(=O)O)c(O)c2)cc1. The van der Waals surface area contributed by atoms with Crippen molar-refractivity contribution < 1.29 is 28.2 Å². The van der Waals surface area contributed by atoms with E-state index in [4.69, 9.17) is 0 Å². The van der Waals surface area contributed by atoms with Crippen molar-refractivity contribution in [3.63, 3.8) is 0 Å². The Hall–Kier alpha value is -3.69. The molecule has 9 heteroatoms. The number of carbonyl (C=O) groups is 2. The molecule has 1 amide bonds. The number of aromatic hydroxyl groups is 1. The highest BCUT2D eigenvalue weighted by molar-refractivity contribution is 7.89. The minimum Gasteiger partial charge on any atom is -0.507 e. The molecule has 0 bridgehead atoms. The third kappa shape index (κ3) is 5.62. The summed E-state index contributed by atoms with van der Waals surface area (Å²) in [6.45, 7) is 2.24. The average molecular weight is 563 g/mol. The largest absolute Gasteiger partial charge is 0.507 e. The summed E-state index contributed by atoms with van der Waals surface area (Å²) in [4.78, 5) is 26.9. The number of carbonyl (C=O) groups excluding carboxylic acids is 1. The summed E-state index contributed by atoms with van der Waals surface area (Å²) in [5.41, 5.74) is 3.07. The fourth-order valence-corrected chi connectivity index (χ4v) is 7.23. The summed E-state index contributed by atoms with van der Waals surface area (Å²) >= 11 is 0. The molecule has 210 valence electrons. The van der Waals surface area contributed by atoms with Crippen LogP contribution in [0.4, 0.5) is 5.69 Å². The van der Waals surface area contributed by atoms with Crippen LogP contribution in [-0.4, -0.2) is 47.4 Å². The lowest BCUT2D eigenvalue weighted by molar-refractivity contribution is -0.125. The molecule has 0 spiro atoms. The van der Waals surface area contributed by atoms with Crippen LogP contribution < -0.4 is 4.90 Å². The first kappa shape index (κ1) is 27.9. The third-order valence-corrected chi connectivity index (χ3v) is 9.99. The maximum Gasteiger partial charge on any atom is 0.339 e. The first-order chi connectivity index (χ1) is 19.1. The zero-order valence-electron chi connectivity index (χ0n) is 22.5. The van der Waals surface area contributed by atoms with Gasteiger partial charge in [-0.05, 0) is 67.5 Å². The van der Waals surface area contributed by atoms with Crippen LogP contribution in [0.5, 0.6) is 5.75 Å². The van der Waals surface area contributed by atoms with E-state index in [9.17, 15) is 28.2 Å². The normalized spacial score (nSPS) is 18.2. The quantitative estimate of drug-likeness (QED) is 0.378. The maximum atomic E-state index is 13.9. The molecule has 0 radical (unpaired) electrons. The van der Waals surface area contributed by atoms with E-state index in [1.807, 2.05) is 19.1 Å². The molecule has 2 aliphatic rings. The predicted molar refractivity (Wildman–Crippen MR) is 152 cm³/mol. The maximum absolute atomic E-state index is 13.9. The van der Waals surface area contributed by atoms with Crippen molar-refractivity contribution in [2.75, 3.05) is 11.4 Å². The van der Waals surface area contributed by atoms with E-state index >= 15 is 0 Å². The summed E-state index contributed by atoms with van der Waals surface area (Å²) in [7, 11) is -3.89. The first-order valence-electron chi connectivity index (χ1n) is 13.7. The second-order valence-corrected chi connectivity index (χ2v) is 12.6. The van der Waals surface area contributed by atoms with Crippen molar-refractivity contribution in [1.29, 1.82) is 0 Å². The number of rotatable bonds is 8. The van der Waals surface area contributed by atoms with Gasteiger partial charge in [-0.25, -0.2) is 13.2 Å². The highest BCUT2D eigenvalue weighted by Crippen LogP contribution is 2.34. The number of benzene rings is 3.